The molecule has 2 N–H and O–H groups in total. The monoisotopic (exact) mass is 228 g/mol. The van der Waals surface area contributed by atoms with Gasteiger partial charge in [0.05, 0.1) is 11.9 Å². The normalized spacial score (nSPS) is 11.9. The summed E-state index contributed by atoms with van der Waals surface area (Å²) < 4.78 is 63.6. The number of alkyl halides is 5. The Balaban J connectivity index is 3.06. The SMILES string of the molecule is Nc1cnc(C(F)(F)F)cc1OC(F)F. The summed E-state index contributed by atoms with van der Waals surface area (Å²) in [6.07, 6.45) is -4.12. The summed E-state index contributed by atoms with van der Waals surface area (Å²) in [7, 11) is 0. The summed E-state index contributed by atoms with van der Waals surface area (Å²) in [6.45, 7) is -3.24. The molecule has 0 saturated carbocycles. The zero-order valence-electron chi connectivity index (χ0n) is 7.05. The number of hydrogen-bond acceptors (Lipinski definition) is 3. The van der Waals surface area contributed by atoms with Crippen LogP contribution in [0.3, 0.4) is 0 Å². The van der Waals surface area contributed by atoms with Gasteiger partial charge < -0.3 is 10.5 Å². The van der Waals surface area contributed by atoms with E-state index in [1.165, 1.54) is 0 Å². The van der Waals surface area contributed by atoms with Crippen LogP contribution in [-0.2, 0) is 6.18 Å². The Kier molecular flexibility index (Phi) is 2.96. The van der Waals surface area contributed by atoms with Crippen LogP contribution >= 0.6 is 0 Å². The molecule has 0 unspecified atom stereocenters. The van der Waals surface area contributed by atoms with E-state index >= 15 is 0 Å². The van der Waals surface area contributed by atoms with E-state index in [1.54, 1.807) is 0 Å². The third kappa shape index (κ3) is 2.93. The van der Waals surface area contributed by atoms with Crippen LogP contribution in [0, 0.1) is 0 Å². The average molecular weight is 228 g/mol. The standard InChI is InChI=1S/C7H5F5N2O/c8-6(9)15-4-1-5(7(10,11)12)14-2-3(4)13/h1-2,6H,13H2. The molecule has 1 aromatic rings. The van der Waals surface area contributed by atoms with Crippen LogP contribution < -0.4 is 10.5 Å². The molecule has 1 heterocycles. The van der Waals surface area contributed by atoms with Gasteiger partial charge in [-0.25, -0.2) is 4.98 Å². The number of hydrogen-bond donors (Lipinski definition) is 1. The molecule has 0 atom stereocenters. The van der Waals surface area contributed by atoms with Gasteiger partial charge in [0.1, 0.15) is 5.69 Å². The third-order valence-electron chi connectivity index (χ3n) is 1.40. The van der Waals surface area contributed by atoms with Gasteiger partial charge in [-0.1, -0.05) is 0 Å². The first kappa shape index (κ1) is 11.5. The van der Waals surface area contributed by atoms with Crippen molar-refractivity contribution in [3.63, 3.8) is 0 Å². The molecule has 8 heteroatoms. The molecule has 0 saturated heterocycles. The van der Waals surface area contributed by atoms with Gasteiger partial charge in [0.15, 0.2) is 5.75 Å². The number of pyridine rings is 1. The molecule has 0 aromatic carbocycles. The lowest BCUT2D eigenvalue weighted by atomic mass is 10.3. The largest absolute Gasteiger partial charge is 0.433 e. The van der Waals surface area contributed by atoms with Gasteiger partial charge in [-0.05, 0) is 0 Å². The molecule has 0 radical (unpaired) electrons. The number of nitrogen functional groups attached to an aromatic ring is 1. The second-order valence-corrected chi connectivity index (χ2v) is 2.48. The summed E-state index contributed by atoms with van der Waals surface area (Å²) >= 11 is 0. The molecule has 1 rings (SSSR count). The van der Waals surface area contributed by atoms with Gasteiger partial charge >= 0.3 is 12.8 Å². The highest BCUT2D eigenvalue weighted by Gasteiger charge is 2.33. The number of aromatic nitrogens is 1. The summed E-state index contributed by atoms with van der Waals surface area (Å²) in [5.41, 5.74) is 3.37. The van der Waals surface area contributed by atoms with Crippen molar-refractivity contribution in [2.24, 2.45) is 0 Å². The minimum atomic E-state index is -4.73. The van der Waals surface area contributed by atoms with E-state index in [0.29, 0.717) is 12.3 Å². The van der Waals surface area contributed by atoms with Gasteiger partial charge in [-0.3, -0.25) is 0 Å². The number of ether oxygens (including phenoxy) is 1. The molecular weight excluding hydrogens is 223 g/mol. The maximum Gasteiger partial charge on any atom is 0.433 e. The first-order valence-corrected chi connectivity index (χ1v) is 3.58. The summed E-state index contributed by atoms with van der Waals surface area (Å²) in [6, 6.07) is 0.321. The lowest BCUT2D eigenvalue weighted by Crippen LogP contribution is -2.11. The Morgan fingerprint density at radius 1 is 1.33 bits per heavy atom. The predicted molar refractivity (Wildman–Crippen MR) is 40.3 cm³/mol. The molecule has 0 spiro atoms. The number of nitrogens with zero attached hydrogens (tertiary/aromatic N) is 1. The second-order valence-electron chi connectivity index (χ2n) is 2.48. The molecule has 3 nitrogen and oxygen atoms in total. The molecule has 1 aromatic heterocycles. The summed E-state index contributed by atoms with van der Waals surface area (Å²) in [5, 5.41) is 0. The minimum absolute atomic E-state index is 0.321. The minimum Gasteiger partial charge on any atom is -0.432 e. The Bertz CT molecular complexity index is 352. The van der Waals surface area contributed by atoms with E-state index in [1.807, 2.05) is 0 Å². The first-order chi connectivity index (χ1) is 6.80. The molecular formula is C7H5F5N2O. The molecule has 0 fully saturated rings. The van der Waals surface area contributed by atoms with Gasteiger partial charge in [-0.15, -0.1) is 0 Å². The number of halogens is 5. The second kappa shape index (κ2) is 3.87. The highest BCUT2D eigenvalue weighted by molar-refractivity contribution is 5.51. The Morgan fingerprint density at radius 2 is 1.93 bits per heavy atom. The van der Waals surface area contributed by atoms with Crippen LogP contribution in [0.5, 0.6) is 5.75 Å². The van der Waals surface area contributed by atoms with Crippen LogP contribution in [0.2, 0.25) is 0 Å². The van der Waals surface area contributed by atoms with E-state index in [4.69, 9.17) is 5.73 Å². The maximum absolute atomic E-state index is 12.1. The van der Waals surface area contributed by atoms with Crippen LogP contribution in [0.1, 0.15) is 5.69 Å². The van der Waals surface area contributed by atoms with Crippen LogP contribution in [0.15, 0.2) is 12.3 Å². The molecule has 0 bridgehead atoms. The van der Waals surface area contributed by atoms with Crippen molar-refractivity contribution in [3.05, 3.63) is 18.0 Å². The summed E-state index contributed by atoms with van der Waals surface area (Å²) in [4.78, 5) is 2.94. The van der Waals surface area contributed by atoms with Crippen molar-refractivity contribution in [3.8, 4) is 5.75 Å². The van der Waals surface area contributed by atoms with Crippen molar-refractivity contribution in [1.29, 1.82) is 0 Å². The average Bonchev–Trinajstić information content (AvgIpc) is 2.06. The van der Waals surface area contributed by atoms with Gasteiger partial charge in [0.2, 0.25) is 0 Å². The molecule has 0 aliphatic carbocycles. The smallest absolute Gasteiger partial charge is 0.432 e. The lowest BCUT2D eigenvalue weighted by Gasteiger charge is -2.10. The van der Waals surface area contributed by atoms with Gasteiger partial charge in [0.25, 0.3) is 0 Å². The first-order valence-electron chi connectivity index (χ1n) is 3.58. The van der Waals surface area contributed by atoms with Gasteiger partial charge in [-0.2, -0.15) is 22.0 Å². The zero-order chi connectivity index (χ0) is 11.6. The third-order valence-corrected chi connectivity index (χ3v) is 1.40. The molecule has 84 valence electrons. The summed E-state index contributed by atoms with van der Waals surface area (Å²) in [5.74, 6) is -0.743. The number of anilines is 1. The fourth-order valence-corrected chi connectivity index (χ4v) is 0.801. The van der Waals surface area contributed by atoms with E-state index in [9.17, 15) is 22.0 Å². The molecule has 0 aliphatic heterocycles. The predicted octanol–water partition coefficient (Wildman–Crippen LogP) is 2.28. The van der Waals surface area contributed by atoms with Crippen LogP contribution in [0.4, 0.5) is 27.6 Å². The molecule has 0 amide bonds. The fourth-order valence-electron chi connectivity index (χ4n) is 0.801. The van der Waals surface area contributed by atoms with Crippen molar-refractivity contribution in [2.75, 3.05) is 5.73 Å². The van der Waals surface area contributed by atoms with Crippen molar-refractivity contribution < 1.29 is 26.7 Å². The quantitative estimate of drug-likeness (QED) is 0.790. The van der Waals surface area contributed by atoms with E-state index < -0.39 is 24.2 Å². The van der Waals surface area contributed by atoms with Crippen LogP contribution in [0.25, 0.3) is 0 Å². The van der Waals surface area contributed by atoms with Crippen LogP contribution in [-0.4, -0.2) is 11.6 Å². The number of rotatable bonds is 2. The Labute approximate surface area is 80.7 Å². The van der Waals surface area contributed by atoms with Crippen molar-refractivity contribution in [2.45, 2.75) is 12.8 Å². The fraction of sp³-hybridized carbons (Fsp3) is 0.286. The number of nitrogens with two attached hydrogens (primary N) is 1. The Hall–Kier alpha value is -1.60. The molecule has 15 heavy (non-hydrogen) atoms. The zero-order valence-corrected chi connectivity index (χ0v) is 7.05. The Morgan fingerprint density at radius 3 is 2.40 bits per heavy atom. The van der Waals surface area contributed by atoms with E-state index in [0.717, 1.165) is 0 Å². The van der Waals surface area contributed by atoms with Crippen molar-refractivity contribution >= 4 is 5.69 Å². The maximum atomic E-state index is 12.1. The highest BCUT2D eigenvalue weighted by Crippen LogP contribution is 2.32. The van der Waals surface area contributed by atoms with E-state index in [-0.39, 0.29) is 5.69 Å². The van der Waals surface area contributed by atoms with Gasteiger partial charge in [0, 0.05) is 6.07 Å². The highest BCUT2D eigenvalue weighted by atomic mass is 19.4. The topological polar surface area (TPSA) is 48.1 Å². The van der Waals surface area contributed by atoms with E-state index in [2.05, 4.69) is 9.72 Å². The lowest BCUT2D eigenvalue weighted by molar-refractivity contribution is -0.141. The van der Waals surface area contributed by atoms with Crippen molar-refractivity contribution in [1.82, 2.24) is 4.98 Å². The molecule has 0 aliphatic rings.